The van der Waals surface area contributed by atoms with Crippen LogP contribution in [0.5, 0.6) is 0 Å². The molecule has 0 radical (unpaired) electrons. The predicted molar refractivity (Wildman–Crippen MR) is 73.4 cm³/mol. The number of alkyl halides is 3. The minimum atomic E-state index is -4.84. The van der Waals surface area contributed by atoms with Crippen LogP contribution in [-0.4, -0.2) is 36.4 Å². The second kappa shape index (κ2) is 6.06. The zero-order chi connectivity index (χ0) is 15.7. The molecule has 1 aromatic carbocycles. The van der Waals surface area contributed by atoms with Crippen LogP contribution in [0.25, 0.3) is 0 Å². The van der Waals surface area contributed by atoms with Crippen LogP contribution in [0.2, 0.25) is 5.02 Å². The Hall–Kier alpha value is -0.920. The smallest absolute Gasteiger partial charge is 0.416 e. The van der Waals surface area contributed by atoms with E-state index >= 15 is 0 Å². The average molecular weight is 341 g/mol. The molecule has 1 aliphatic heterocycles. The molecule has 3 nitrogen and oxygen atoms in total. The van der Waals surface area contributed by atoms with Gasteiger partial charge in [0.25, 0.3) is 0 Å². The van der Waals surface area contributed by atoms with Gasteiger partial charge in [0.1, 0.15) is 6.10 Å². The first kappa shape index (κ1) is 16.5. The third kappa shape index (κ3) is 2.74. The molecule has 0 bridgehead atoms. The number of hydrogen-bond donors (Lipinski definition) is 0. The van der Waals surface area contributed by atoms with Gasteiger partial charge in [0, 0.05) is 16.3 Å². The number of thioether (sulfide) groups is 1. The summed E-state index contributed by atoms with van der Waals surface area (Å²) in [5.41, 5.74) is 0.120. The van der Waals surface area contributed by atoms with Crippen LogP contribution in [0.3, 0.4) is 0 Å². The van der Waals surface area contributed by atoms with E-state index in [1.54, 1.807) is 12.1 Å². The Morgan fingerprint density at radius 3 is 2.71 bits per heavy atom. The van der Waals surface area contributed by atoms with Crippen molar-refractivity contribution in [3.63, 3.8) is 0 Å². The summed E-state index contributed by atoms with van der Waals surface area (Å²) >= 11 is 6.45. The molecular formula is C13H12ClF3O3S. The first-order valence-corrected chi connectivity index (χ1v) is 7.36. The summed E-state index contributed by atoms with van der Waals surface area (Å²) in [6, 6.07) is 6.01. The summed E-state index contributed by atoms with van der Waals surface area (Å²) in [5.74, 6) is -1.35. The summed E-state index contributed by atoms with van der Waals surface area (Å²) in [5, 5.41) is 0.113. The zero-order valence-electron chi connectivity index (χ0n) is 10.9. The summed E-state index contributed by atoms with van der Waals surface area (Å²) < 4.78 is 47.8. The number of ether oxygens (including phenoxy) is 2. The van der Waals surface area contributed by atoms with Crippen molar-refractivity contribution in [3.8, 4) is 0 Å². The lowest BCUT2D eigenvalue weighted by Gasteiger charge is -2.42. The lowest BCUT2D eigenvalue weighted by Crippen LogP contribution is -2.57. The number of esters is 1. The second-order valence-electron chi connectivity index (χ2n) is 4.35. The molecule has 0 amide bonds. The molecule has 8 heteroatoms. The fourth-order valence-corrected chi connectivity index (χ4v) is 3.67. The Bertz CT molecular complexity index is 538. The lowest BCUT2D eigenvalue weighted by atomic mass is 9.93. The molecule has 116 valence electrons. The summed E-state index contributed by atoms with van der Waals surface area (Å²) in [4.78, 5) is 11.9. The highest BCUT2D eigenvalue weighted by atomic mass is 35.5. The van der Waals surface area contributed by atoms with Crippen LogP contribution in [-0.2, 0) is 14.3 Å². The molecule has 1 aliphatic rings. The number of carbonyl (C=O) groups is 1. The van der Waals surface area contributed by atoms with Gasteiger partial charge in [-0.2, -0.15) is 13.2 Å². The Morgan fingerprint density at radius 1 is 1.48 bits per heavy atom. The minimum Gasteiger partial charge on any atom is -0.468 e. The van der Waals surface area contributed by atoms with Crippen molar-refractivity contribution < 1.29 is 27.4 Å². The number of rotatable bonds is 2. The molecule has 0 aromatic heterocycles. The fourth-order valence-electron chi connectivity index (χ4n) is 2.22. The van der Waals surface area contributed by atoms with Crippen LogP contribution in [0.15, 0.2) is 24.3 Å². The Morgan fingerprint density at radius 2 is 2.14 bits per heavy atom. The van der Waals surface area contributed by atoms with Gasteiger partial charge in [0.2, 0.25) is 4.75 Å². The minimum absolute atomic E-state index is 0.0373. The molecule has 0 N–H and O–H groups in total. The first-order chi connectivity index (χ1) is 9.84. The number of benzene rings is 1. The Balaban J connectivity index is 2.60. The molecule has 1 heterocycles. The van der Waals surface area contributed by atoms with Crippen molar-refractivity contribution in [3.05, 3.63) is 34.9 Å². The van der Waals surface area contributed by atoms with E-state index in [1.807, 2.05) is 0 Å². The van der Waals surface area contributed by atoms with Gasteiger partial charge in [-0.25, -0.2) is 0 Å². The standard InChI is InChI=1S/C13H12ClF3O3S/c1-19-11(18)12(13(15,16)17)10(20-6-7-21-12)8-4-2-3-5-9(8)14/h2-5,10H,6-7H2,1H3. The van der Waals surface area contributed by atoms with E-state index in [4.69, 9.17) is 16.3 Å². The van der Waals surface area contributed by atoms with Crippen molar-refractivity contribution in [1.29, 1.82) is 0 Å². The van der Waals surface area contributed by atoms with Gasteiger partial charge in [-0.3, -0.25) is 4.79 Å². The van der Waals surface area contributed by atoms with E-state index < -0.39 is 23.0 Å². The molecule has 0 aliphatic carbocycles. The number of carbonyl (C=O) groups excluding carboxylic acids is 1. The monoisotopic (exact) mass is 340 g/mol. The number of hydrogen-bond acceptors (Lipinski definition) is 4. The molecule has 2 atom stereocenters. The molecule has 2 unspecified atom stereocenters. The molecule has 0 saturated carbocycles. The van der Waals surface area contributed by atoms with E-state index in [2.05, 4.69) is 4.74 Å². The van der Waals surface area contributed by atoms with Crippen LogP contribution in [0.1, 0.15) is 11.7 Å². The number of halogens is 4. The zero-order valence-corrected chi connectivity index (χ0v) is 12.5. The lowest BCUT2D eigenvalue weighted by molar-refractivity contribution is -0.208. The van der Waals surface area contributed by atoms with E-state index in [0.29, 0.717) is 11.8 Å². The molecule has 1 saturated heterocycles. The van der Waals surface area contributed by atoms with Crippen LogP contribution >= 0.6 is 23.4 Å². The van der Waals surface area contributed by atoms with E-state index in [-0.39, 0.29) is 22.9 Å². The van der Waals surface area contributed by atoms with E-state index in [9.17, 15) is 18.0 Å². The van der Waals surface area contributed by atoms with Crippen LogP contribution in [0, 0.1) is 0 Å². The highest BCUT2D eigenvalue weighted by Crippen LogP contribution is 2.54. The highest BCUT2D eigenvalue weighted by molar-refractivity contribution is 8.01. The van der Waals surface area contributed by atoms with Gasteiger partial charge in [-0.1, -0.05) is 29.8 Å². The summed E-state index contributed by atoms with van der Waals surface area (Å²) in [6.45, 7) is 0.0926. The molecule has 2 rings (SSSR count). The largest absolute Gasteiger partial charge is 0.468 e. The van der Waals surface area contributed by atoms with Crippen molar-refractivity contribution in [2.24, 2.45) is 0 Å². The van der Waals surface area contributed by atoms with Gasteiger partial charge in [0.05, 0.1) is 13.7 Å². The molecule has 1 aromatic rings. The van der Waals surface area contributed by atoms with Crippen LogP contribution < -0.4 is 0 Å². The quantitative estimate of drug-likeness (QED) is 0.770. The van der Waals surface area contributed by atoms with Gasteiger partial charge in [-0.05, 0) is 6.07 Å². The second-order valence-corrected chi connectivity index (χ2v) is 6.09. The number of methoxy groups -OCH3 is 1. The Kier molecular flexibility index (Phi) is 4.75. The van der Waals surface area contributed by atoms with E-state index in [0.717, 1.165) is 7.11 Å². The van der Waals surface area contributed by atoms with Gasteiger partial charge in [0.15, 0.2) is 0 Å². The SMILES string of the molecule is COC(=O)C1(C(F)(F)F)SCCOC1c1ccccc1Cl. The molecule has 1 fully saturated rings. The summed E-state index contributed by atoms with van der Waals surface area (Å²) in [6.07, 6.45) is -6.38. The molecule has 0 spiro atoms. The normalized spacial score (nSPS) is 26.4. The van der Waals surface area contributed by atoms with Crippen LogP contribution in [0.4, 0.5) is 13.2 Å². The molecular weight excluding hydrogens is 329 g/mol. The Labute approximate surface area is 128 Å². The van der Waals surface area contributed by atoms with Crippen molar-refractivity contribution >= 4 is 29.3 Å². The third-order valence-corrected chi connectivity index (χ3v) is 4.95. The first-order valence-electron chi connectivity index (χ1n) is 5.99. The van der Waals surface area contributed by atoms with Gasteiger partial charge in [-0.15, -0.1) is 11.8 Å². The maximum absolute atomic E-state index is 13.7. The third-order valence-electron chi connectivity index (χ3n) is 3.16. The molecule has 21 heavy (non-hydrogen) atoms. The van der Waals surface area contributed by atoms with Crippen molar-refractivity contribution in [2.45, 2.75) is 17.0 Å². The maximum Gasteiger partial charge on any atom is 0.416 e. The van der Waals surface area contributed by atoms with Gasteiger partial charge >= 0.3 is 12.1 Å². The van der Waals surface area contributed by atoms with Crippen molar-refractivity contribution in [2.75, 3.05) is 19.5 Å². The topological polar surface area (TPSA) is 35.5 Å². The maximum atomic E-state index is 13.7. The van der Waals surface area contributed by atoms with Gasteiger partial charge < -0.3 is 9.47 Å². The van der Waals surface area contributed by atoms with Crippen molar-refractivity contribution in [1.82, 2.24) is 0 Å². The highest BCUT2D eigenvalue weighted by Gasteiger charge is 2.68. The fraction of sp³-hybridized carbons (Fsp3) is 0.462. The van der Waals surface area contributed by atoms with E-state index in [1.165, 1.54) is 12.1 Å². The predicted octanol–water partition coefficient (Wildman–Crippen LogP) is 3.62. The average Bonchev–Trinajstić information content (AvgIpc) is 2.45. The summed E-state index contributed by atoms with van der Waals surface area (Å²) in [7, 11) is 0.925.